The molecule has 0 aliphatic rings. The highest BCUT2D eigenvalue weighted by Gasteiger charge is 2.10. The van der Waals surface area contributed by atoms with E-state index in [1.165, 1.54) is 0 Å². The Hall–Kier alpha value is -2.65. The van der Waals surface area contributed by atoms with Crippen LogP contribution in [-0.4, -0.2) is 26.9 Å². The second-order valence-corrected chi connectivity index (χ2v) is 5.37. The number of hydrogen-bond donors (Lipinski definition) is 2. The molecule has 2 N–H and O–H groups in total. The molecule has 2 rings (SSSR count). The van der Waals surface area contributed by atoms with Crippen molar-refractivity contribution in [1.29, 1.82) is 0 Å². The van der Waals surface area contributed by atoms with Crippen LogP contribution in [0.3, 0.4) is 0 Å². The molecule has 0 aliphatic carbocycles. The van der Waals surface area contributed by atoms with Crippen LogP contribution in [0.15, 0.2) is 28.9 Å². The van der Waals surface area contributed by atoms with E-state index in [1.807, 2.05) is 0 Å². The zero-order valence-corrected chi connectivity index (χ0v) is 12.7. The maximum absolute atomic E-state index is 12.1. The van der Waals surface area contributed by atoms with E-state index in [0.29, 0.717) is 22.5 Å². The van der Waals surface area contributed by atoms with Crippen LogP contribution < -0.4 is 5.32 Å². The normalized spacial score (nSPS) is 10.7. The average Bonchev–Trinajstić information content (AvgIpc) is 2.87. The van der Waals surface area contributed by atoms with Gasteiger partial charge in [-0.05, 0) is 39.0 Å². The van der Waals surface area contributed by atoms with Crippen molar-refractivity contribution in [3.8, 4) is 11.8 Å². The summed E-state index contributed by atoms with van der Waals surface area (Å²) in [5, 5.41) is 19.7. The molecule has 0 saturated heterocycles. The Morgan fingerprint density at radius 2 is 2.18 bits per heavy atom. The summed E-state index contributed by atoms with van der Waals surface area (Å²) in [6.07, 6.45) is 0. The molecule has 1 aromatic carbocycles. The molecule has 0 atom stereocenters. The second-order valence-electron chi connectivity index (χ2n) is 5.37. The van der Waals surface area contributed by atoms with Crippen LogP contribution in [-0.2, 0) is 6.54 Å². The van der Waals surface area contributed by atoms with Gasteiger partial charge in [0.15, 0.2) is 0 Å². The minimum absolute atomic E-state index is 0.241. The van der Waals surface area contributed by atoms with Crippen molar-refractivity contribution < 1.29 is 14.5 Å². The van der Waals surface area contributed by atoms with Crippen molar-refractivity contribution in [2.75, 3.05) is 0 Å². The van der Waals surface area contributed by atoms with Crippen molar-refractivity contribution in [2.24, 2.45) is 0 Å². The minimum atomic E-state index is -1.07. The molecule has 0 saturated carbocycles. The monoisotopic (exact) mass is 299 g/mol. The number of benzene rings is 1. The van der Waals surface area contributed by atoms with Crippen molar-refractivity contribution in [3.63, 3.8) is 0 Å². The predicted molar refractivity (Wildman–Crippen MR) is 79.8 cm³/mol. The van der Waals surface area contributed by atoms with Crippen LogP contribution in [0.5, 0.6) is 0 Å². The van der Waals surface area contributed by atoms with Gasteiger partial charge < -0.3 is 10.4 Å². The van der Waals surface area contributed by atoms with Crippen LogP contribution in [0.25, 0.3) is 0 Å². The largest absolute Gasteiger partial charge is 0.378 e. The highest BCUT2D eigenvalue weighted by Crippen LogP contribution is 2.07. The molecule has 22 heavy (non-hydrogen) atoms. The molecule has 0 spiro atoms. The van der Waals surface area contributed by atoms with E-state index in [1.54, 1.807) is 45.0 Å². The van der Waals surface area contributed by atoms with E-state index in [-0.39, 0.29) is 12.5 Å². The number of aromatic nitrogens is 2. The zero-order valence-electron chi connectivity index (χ0n) is 12.7. The lowest BCUT2D eigenvalue weighted by Crippen LogP contribution is -2.23. The van der Waals surface area contributed by atoms with Gasteiger partial charge in [-0.2, -0.15) is 0 Å². The standard InChI is InChI=1S/C16H17N3O3/c1-11-14(19-22-18-11)10-17-15(20)13-6-4-5-12(9-13)7-8-16(2,3)21/h4-6,9,21H,10H2,1-3H3,(H,17,20). The molecule has 1 heterocycles. The van der Waals surface area contributed by atoms with Crippen LogP contribution >= 0.6 is 0 Å². The second kappa shape index (κ2) is 6.41. The lowest BCUT2D eigenvalue weighted by molar-refractivity contribution is 0.0950. The topological polar surface area (TPSA) is 88.3 Å². The van der Waals surface area contributed by atoms with Gasteiger partial charge >= 0.3 is 0 Å². The lowest BCUT2D eigenvalue weighted by Gasteiger charge is -2.06. The smallest absolute Gasteiger partial charge is 0.251 e. The highest BCUT2D eigenvalue weighted by molar-refractivity contribution is 5.94. The number of aryl methyl sites for hydroxylation is 1. The summed E-state index contributed by atoms with van der Waals surface area (Å²) in [5.41, 5.74) is 1.30. The molecule has 1 aromatic heterocycles. The fourth-order valence-electron chi connectivity index (χ4n) is 1.64. The molecule has 114 valence electrons. The van der Waals surface area contributed by atoms with Crippen molar-refractivity contribution in [3.05, 3.63) is 46.8 Å². The summed E-state index contributed by atoms with van der Waals surface area (Å²) in [4.78, 5) is 12.1. The summed E-state index contributed by atoms with van der Waals surface area (Å²) >= 11 is 0. The maximum Gasteiger partial charge on any atom is 0.251 e. The quantitative estimate of drug-likeness (QED) is 0.837. The van der Waals surface area contributed by atoms with Crippen molar-refractivity contribution in [2.45, 2.75) is 32.9 Å². The Bertz CT molecular complexity index is 733. The first-order valence-electron chi connectivity index (χ1n) is 6.77. The van der Waals surface area contributed by atoms with E-state index >= 15 is 0 Å². The van der Waals surface area contributed by atoms with Gasteiger partial charge in [-0.25, -0.2) is 4.63 Å². The summed E-state index contributed by atoms with van der Waals surface area (Å²) in [5.74, 6) is 5.31. The molecular weight excluding hydrogens is 282 g/mol. The van der Waals surface area contributed by atoms with Crippen LogP contribution in [0.4, 0.5) is 0 Å². The molecular formula is C16H17N3O3. The molecule has 0 fully saturated rings. The molecule has 0 aliphatic heterocycles. The Labute approximate surface area is 128 Å². The van der Waals surface area contributed by atoms with Gasteiger partial charge in [-0.15, -0.1) is 0 Å². The Balaban J connectivity index is 2.07. The lowest BCUT2D eigenvalue weighted by atomic mass is 10.1. The zero-order chi connectivity index (χ0) is 16.2. The van der Waals surface area contributed by atoms with E-state index in [2.05, 4.69) is 32.1 Å². The summed E-state index contributed by atoms with van der Waals surface area (Å²) in [6.45, 7) is 5.20. The number of carbonyl (C=O) groups is 1. The Morgan fingerprint density at radius 1 is 1.41 bits per heavy atom. The van der Waals surface area contributed by atoms with Gasteiger partial charge in [0, 0.05) is 11.1 Å². The van der Waals surface area contributed by atoms with E-state index in [9.17, 15) is 9.90 Å². The van der Waals surface area contributed by atoms with Crippen LogP contribution in [0.1, 0.15) is 41.2 Å². The first kappa shape index (κ1) is 15.7. The predicted octanol–water partition coefficient (Wildman–Crippen LogP) is 1.43. The number of aliphatic hydroxyl groups is 1. The van der Waals surface area contributed by atoms with E-state index in [4.69, 9.17) is 0 Å². The molecule has 0 radical (unpaired) electrons. The van der Waals surface area contributed by atoms with E-state index in [0.717, 1.165) is 0 Å². The van der Waals surface area contributed by atoms with Gasteiger partial charge in [-0.1, -0.05) is 28.2 Å². The number of nitrogens with one attached hydrogen (secondary N) is 1. The molecule has 2 aromatic rings. The molecule has 1 amide bonds. The minimum Gasteiger partial charge on any atom is -0.378 e. The third kappa shape index (κ3) is 4.43. The Morgan fingerprint density at radius 3 is 2.82 bits per heavy atom. The number of hydrogen-bond acceptors (Lipinski definition) is 5. The number of carbonyl (C=O) groups excluding carboxylic acids is 1. The number of rotatable bonds is 3. The van der Waals surface area contributed by atoms with Gasteiger partial charge in [0.25, 0.3) is 5.91 Å². The van der Waals surface area contributed by atoms with Gasteiger partial charge in [0.05, 0.1) is 6.54 Å². The molecule has 0 unspecified atom stereocenters. The van der Waals surface area contributed by atoms with Crippen molar-refractivity contribution in [1.82, 2.24) is 15.6 Å². The number of amides is 1. The SMILES string of the molecule is Cc1nonc1CNC(=O)c1cccc(C#CC(C)(C)O)c1. The van der Waals surface area contributed by atoms with Crippen LogP contribution in [0, 0.1) is 18.8 Å². The summed E-state index contributed by atoms with van der Waals surface area (Å²) in [6, 6.07) is 6.88. The fourth-order valence-corrected chi connectivity index (χ4v) is 1.64. The molecule has 0 bridgehead atoms. The van der Waals surface area contributed by atoms with Crippen LogP contribution in [0.2, 0.25) is 0 Å². The summed E-state index contributed by atoms with van der Waals surface area (Å²) < 4.78 is 4.57. The third-order valence-corrected chi connectivity index (χ3v) is 2.80. The van der Waals surface area contributed by atoms with Gasteiger partial charge in [0.2, 0.25) is 0 Å². The average molecular weight is 299 g/mol. The third-order valence-electron chi connectivity index (χ3n) is 2.80. The highest BCUT2D eigenvalue weighted by atomic mass is 16.6. The summed E-state index contributed by atoms with van der Waals surface area (Å²) in [7, 11) is 0. The fraction of sp³-hybridized carbons (Fsp3) is 0.312. The molecule has 6 heteroatoms. The maximum atomic E-state index is 12.1. The van der Waals surface area contributed by atoms with Gasteiger partial charge in [0.1, 0.15) is 17.0 Å². The first-order valence-corrected chi connectivity index (χ1v) is 6.77. The molecule has 6 nitrogen and oxygen atoms in total. The van der Waals surface area contributed by atoms with Gasteiger partial charge in [-0.3, -0.25) is 4.79 Å². The first-order chi connectivity index (χ1) is 10.3. The Kier molecular flexibility index (Phi) is 4.59. The van der Waals surface area contributed by atoms with E-state index < -0.39 is 5.60 Å². The number of nitrogens with zero attached hydrogens (tertiary/aromatic N) is 2. The van der Waals surface area contributed by atoms with Crippen molar-refractivity contribution >= 4 is 5.91 Å².